The van der Waals surface area contributed by atoms with Gasteiger partial charge < -0.3 is 9.64 Å². The second-order valence-corrected chi connectivity index (χ2v) is 8.62. The molecule has 2 heterocycles. The highest BCUT2D eigenvalue weighted by atomic mass is 35.5. The van der Waals surface area contributed by atoms with Crippen LogP contribution in [0.25, 0.3) is 5.57 Å². The smallest absolute Gasteiger partial charge is 0.339 e. The zero-order valence-corrected chi connectivity index (χ0v) is 17.4. The minimum absolute atomic E-state index is 0.0928. The maximum absolute atomic E-state index is 13.4. The zero-order valence-electron chi connectivity index (χ0n) is 16.7. The third-order valence-electron chi connectivity index (χ3n) is 4.91. The third-order valence-corrected chi connectivity index (χ3v) is 5.18. The predicted octanol–water partition coefficient (Wildman–Crippen LogP) is 4.55. The summed E-state index contributed by atoms with van der Waals surface area (Å²) in [7, 11) is 0. The molecule has 0 N–H and O–H groups in total. The van der Waals surface area contributed by atoms with E-state index in [1.165, 1.54) is 0 Å². The van der Waals surface area contributed by atoms with Crippen LogP contribution in [-0.2, 0) is 14.3 Å². The van der Waals surface area contributed by atoms with Crippen LogP contribution in [0, 0.1) is 0 Å². The van der Waals surface area contributed by atoms with Crippen molar-refractivity contribution in [2.45, 2.75) is 26.4 Å². The van der Waals surface area contributed by atoms with E-state index in [4.69, 9.17) is 16.3 Å². The lowest BCUT2D eigenvalue weighted by Crippen LogP contribution is -2.35. The number of hydrogen-bond donors (Lipinski definition) is 0. The number of ether oxygens (including phenoxy) is 1. The van der Waals surface area contributed by atoms with Crippen molar-refractivity contribution in [3.8, 4) is 0 Å². The van der Waals surface area contributed by atoms with Crippen LogP contribution in [0.3, 0.4) is 0 Å². The minimum Gasteiger partial charge on any atom is -0.456 e. The monoisotopic (exact) mass is 407 g/mol. The van der Waals surface area contributed by atoms with E-state index in [-0.39, 0.29) is 5.78 Å². The first kappa shape index (κ1) is 19.5. The molecule has 29 heavy (non-hydrogen) atoms. The molecular formula is C24H22ClNO3. The molecule has 0 unspecified atom stereocenters. The van der Waals surface area contributed by atoms with Gasteiger partial charge in [-0.1, -0.05) is 48.0 Å². The van der Waals surface area contributed by atoms with Gasteiger partial charge in [-0.2, -0.15) is 0 Å². The van der Waals surface area contributed by atoms with Gasteiger partial charge in [0.05, 0.1) is 5.57 Å². The molecule has 3 aliphatic rings. The van der Waals surface area contributed by atoms with Gasteiger partial charge in [0.2, 0.25) is 0 Å². The van der Waals surface area contributed by atoms with Crippen LogP contribution in [-0.4, -0.2) is 35.3 Å². The normalized spacial score (nSPS) is 18.9. The molecule has 1 aliphatic carbocycles. The number of ketones is 1. The lowest BCUT2D eigenvalue weighted by atomic mass is 9.80. The first-order valence-corrected chi connectivity index (χ1v) is 9.95. The summed E-state index contributed by atoms with van der Waals surface area (Å²) in [6.45, 7) is 6.70. The molecule has 148 valence electrons. The van der Waals surface area contributed by atoms with E-state index in [9.17, 15) is 9.59 Å². The van der Waals surface area contributed by atoms with E-state index in [1.54, 1.807) is 6.08 Å². The minimum atomic E-state index is -0.649. The Morgan fingerprint density at radius 2 is 1.72 bits per heavy atom. The number of allylic oxidation sites excluding steroid dienone is 4. The molecule has 2 aliphatic heterocycles. The number of fused-ring (bicyclic) bond motifs is 3. The molecule has 0 spiro atoms. The molecule has 4 nitrogen and oxygen atoms in total. The second kappa shape index (κ2) is 7.20. The molecule has 0 radical (unpaired) electrons. The van der Waals surface area contributed by atoms with Gasteiger partial charge in [-0.25, -0.2) is 4.79 Å². The van der Waals surface area contributed by atoms with Gasteiger partial charge in [0.15, 0.2) is 5.78 Å². The Balaban J connectivity index is 1.94. The number of halogens is 1. The number of nitrogens with zero attached hydrogens (tertiary/aromatic N) is 1. The summed E-state index contributed by atoms with van der Waals surface area (Å²) in [5, 5.41) is 0.596. The summed E-state index contributed by atoms with van der Waals surface area (Å²) < 4.78 is 5.68. The SMILES string of the molecule is CC(C)(C)OC(=O)C1=C2C(=CCN3CC=C(Cl)C=C23)C(=O)C(c2ccccc2)=C1. The van der Waals surface area contributed by atoms with Crippen molar-refractivity contribution in [1.29, 1.82) is 0 Å². The van der Waals surface area contributed by atoms with E-state index in [0.29, 0.717) is 40.4 Å². The van der Waals surface area contributed by atoms with Crippen LogP contribution in [0.5, 0.6) is 0 Å². The molecule has 5 heteroatoms. The van der Waals surface area contributed by atoms with Gasteiger partial charge in [0, 0.05) is 40.5 Å². The second-order valence-electron chi connectivity index (χ2n) is 8.19. The molecule has 0 saturated carbocycles. The number of carbonyl (C=O) groups excluding carboxylic acids is 2. The third kappa shape index (κ3) is 3.73. The van der Waals surface area contributed by atoms with E-state index in [0.717, 1.165) is 11.3 Å². The number of benzene rings is 1. The van der Waals surface area contributed by atoms with Gasteiger partial charge in [0.25, 0.3) is 0 Å². The van der Waals surface area contributed by atoms with Crippen LogP contribution in [0.1, 0.15) is 26.3 Å². The average molecular weight is 408 g/mol. The van der Waals surface area contributed by atoms with Crippen LogP contribution < -0.4 is 0 Å². The summed E-state index contributed by atoms with van der Waals surface area (Å²) >= 11 is 6.26. The lowest BCUT2D eigenvalue weighted by Gasteiger charge is -2.36. The van der Waals surface area contributed by atoms with Crippen LogP contribution >= 0.6 is 11.6 Å². The highest BCUT2D eigenvalue weighted by Gasteiger charge is 2.37. The topological polar surface area (TPSA) is 46.6 Å². The Morgan fingerprint density at radius 1 is 1.03 bits per heavy atom. The first-order chi connectivity index (χ1) is 13.7. The van der Waals surface area contributed by atoms with Crippen molar-refractivity contribution in [3.05, 3.63) is 87.6 Å². The van der Waals surface area contributed by atoms with Gasteiger partial charge in [-0.05, 0) is 44.6 Å². The molecule has 0 saturated heterocycles. The number of Topliss-reactive ketones (excluding diaryl/α,β-unsaturated/α-hetero) is 1. The van der Waals surface area contributed by atoms with E-state index in [2.05, 4.69) is 4.90 Å². The summed E-state index contributed by atoms with van der Waals surface area (Å²) in [4.78, 5) is 28.6. The molecular weight excluding hydrogens is 386 g/mol. The van der Waals surface area contributed by atoms with Crippen molar-refractivity contribution in [1.82, 2.24) is 4.90 Å². The summed E-state index contributed by atoms with van der Waals surface area (Å²) in [5.41, 5.74) is 2.91. The van der Waals surface area contributed by atoms with Gasteiger partial charge in [-0.3, -0.25) is 4.79 Å². The number of rotatable bonds is 2. The molecule has 4 rings (SSSR count). The largest absolute Gasteiger partial charge is 0.456 e. The van der Waals surface area contributed by atoms with E-state index in [1.807, 2.05) is 69.3 Å². The van der Waals surface area contributed by atoms with Gasteiger partial charge in [0.1, 0.15) is 5.60 Å². The molecule has 0 amide bonds. The van der Waals surface area contributed by atoms with Crippen molar-refractivity contribution in [2.75, 3.05) is 13.1 Å². The average Bonchev–Trinajstić information content (AvgIpc) is 2.67. The van der Waals surface area contributed by atoms with Crippen LogP contribution in [0.2, 0.25) is 0 Å². The maximum Gasteiger partial charge on any atom is 0.339 e. The Hall–Kier alpha value is -2.85. The van der Waals surface area contributed by atoms with Crippen molar-refractivity contribution >= 4 is 28.9 Å². The van der Waals surface area contributed by atoms with Gasteiger partial charge >= 0.3 is 5.97 Å². The Kier molecular flexibility index (Phi) is 4.83. The fourth-order valence-corrected chi connectivity index (χ4v) is 3.84. The van der Waals surface area contributed by atoms with Crippen molar-refractivity contribution in [3.63, 3.8) is 0 Å². The molecule has 1 aromatic rings. The zero-order chi connectivity index (χ0) is 20.8. The summed E-state index contributed by atoms with van der Waals surface area (Å²) in [6.07, 6.45) is 7.28. The number of carbonyl (C=O) groups is 2. The van der Waals surface area contributed by atoms with Crippen LogP contribution in [0.4, 0.5) is 0 Å². The molecule has 0 aromatic heterocycles. The summed E-state index contributed by atoms with van der Waals surface area (Å²) in [5.74, 6) is -0.544. The van der Waals surface area contributed by atoms with E-state index >= 15 is 0 Å². The Labute approximate surface area is 175 Å². The lowest BCUT2D eigenvalue weighted by molar-refractivity contribution is -0.149. The molecule has 1 aromatic carbocycles. The fourth-order valence-electron chi connectivity index (χ4n) is 3.66. The number of esters is 1. The predicted molar refractivity (Wildman–Crippen MR) is 114 cm³/mol. The van der Waals surface area contributed by atoms with Crippen molar-refractivity contribution in [2.24, 2.45) is 0 Å². The molecule has 0 atom stereocenters. The quantitative estimate of drug-likeness (QED) is 0.674. The maximum atomic E-state index is 13.4. The fraction of sp³-hybridized carbons (Fsp3) is 0.250. The molecule has 0 bridgehead atoms. The highest BCUT2D eigenvalue weighted by molar-refractivity contribution is 6.34. The standard InChI is InChI=1S/C24H22ClNO3/c1-24(2,3)29-23(28)19-14-18(15-7-5-4-6-8-15)22(27)17-10-12-26-11-9-16(25)13-20(26)21(17)19/h4-10,13-14H,11-12H2,1-3H3. The summed E-state index contributed by atoms with van der Waals surface area (Å²) in [6, 6.07) is 9.39. The Morgan fingerprint density at radius 3 is 2.41 bits per heavy atom. The number of hydrogen-bond acceptors (Lipinski definition) is 4. The Bertz CT molecular complexity index is 1050. The van der Waals surface area contributed by atoms with Crippen LogP contribution in [0.15, 0.2) is 82.1 Å². The molecule has 0 fully saturated rings. The van der Waals surface area contributed by atoms with E-state index < -0.39 is 11.6 Å². The highest BCUT2D eigenvalue weighted by Crippen LogP contribution is 2.41. The first-order valence-electron chi connectivity index (χ1n) is 9.57. The van der Waals surface area contributed by atoms with Crippen molar-refractivity contribution < 1.29 is 14.3 Å². The van der Waals surface area contributed by atoms with Gasteiger partial charge in [-0.15, -0.1) is 0 Å².